The number of para-hydroxylation sites is 1. The van der Waals surface area contributed by atoms with Crippen LogP contribution in [-0.4, -0.2) is 60.7 Å². The van der Waals surface area contributed by atoms with E-state index in [0.717, 1.165) is 56.9 Å². The molecule has 1 fully saturated rings. The van der Waals surface area contributed by atoms with E-state index in [9.17, 15) is 4.79 Å². The fraction of sp³-hybridized carbons (Fsp3) is 0.500. The number of aryl methyl sites for hydroxylation is 1. The third-order valence-electron chi connectivity index (χ3n) is 5.85. The van der Waals surface area contributed by atoms with Gasteiger partial charge in [-0.05, 0) is 43.2 Å². The molecule has 1 aromatic carbocycles. The Kier molecular flexibility index (Phi) is 5.83. The first-order chi connectivity index (χ1) is 14.2. The van der Waals surface area contributed by atoms with Gasteiger partial charge in [-0.3, -0.25) is 4.79 Å². The molecule has 1 saturated heterocycles. The first-order valence-electron chi connectivity index (χ1n) is 10.2. The highest BCUT2D eigenvalue weighted by atomic mass is 16.5. The number of methoxy groups -OCH3 is 1. The van der Waals surface area contributed by atoms with Crippen LogP contribution in [0.3, 0.4) is 0 Å². The highest BCUT2D eigenvalue weighted by Gasteiger charge is 2.32. The number of rotatable bonds is 5. The lowest BCUT2D eigenvalue weighted by atomic mass is 9.95. The number of ether oxygens (including phenoxy) is 2. The Bertz CT molecular complexity index is 851. The minimum absolute atomic E-state index is 0.127. The van der Waals surface area contributed by atoms with E-state index in [2.05, 4.69) is 20.9 Å². The number of aromatic nitrogens is 2. The van der Waals surface area contributed by atoms with Crippen LogP contribution in [-0.2, 0) is 11.2 Å². The third-order valence-corrected chi connectivity index (χ3v) is 5.85. The molecule has 0 aliphatic carbocycles. The molecule has 0 spiro atoms. The summed E-state index contributed by atoms with van der Waals surface area (Å²) in [4.78, 5) is 25.6. The number of fused-ring (bicyclic) bond motifs is 1. The molecule has 2 aromatic rings. The summed E-state index contributed by atoms with van der Waals surface area (Å²) in [6, 6.07) is 8.00. The summed E-state index contributed by atoms with van der Waals surface area (Å²) < 4.78 is 11.3. The lowest BCUT2D eigenvalue weighted by Crippen LogP contribution is -2.47. The maximum atomic E-state index is 13.0. The minimum atomic E-state index is -0.354. The van der Waals surface area contributed by atoms with Crippen molar-refractivity contribution in [3.8, 4) is 11.6 Å². The maximum Gasteiger partial charge on any atom is 0.263 e. The monoisotopic (exact) mass is 396 g/mol. The normalized spacial score (nSPS) is 19.2. The topological polar surface area (TPSA) is 67.8 Å². The third kappa shape index (κ3) is 4.28. The summed E-state index contributed by atoms with van der Waals surface area (Å²) in [6.45, 7) is 2.41. The van der Waals surface area contributed by atoms with Gasteiger partial charge in [-0.15, -0.1) is 0 Å². The number of anilines is 1. The van der Waals surface area contributed by atoms with Gasteiger partial charge in [0.15, 0.2) is 11.9 Å². The zero-order valence-electron chi connectivity index (χ0n) is 17.1. The highest BCUT2D eigenvalue weighted by molar-refractivity contribution is 5.81. The van der Waals surface area contributed by atoms with E-state index in [4.69, 9.17) is 9.47 Å². The van der Waals surface area contributed by atoms with E-state index >= 15 is 0 Å². The zero-order chi connectivity index (χ0) is 20.2. The molecule has 29 heavy (non-hydrogen) atoms. The van der Waals surface area contributed by atoms with Gasteiger partial charge in [0, 0.05) is 39.1 Å². The number of benzene rings is 1. The van der Waals surface area contributed by atoms with Gasteiger partial charge < -0.3 is 19.3 Å². The van der Waals surface area contributed by atoms with E-state index in [1.165, 1.54) is 5.56 Å². The lowest BCUT2D eigenvalue weighted by molar-refractivity contribution is -0.140. The van der Waals surface area contributed by atoms with Crippen molar-refractivity contribution in [2.45, 2.75) is 31.8 Å². The van der Waals surface area contributed by atoms with Gasteiger partial charge in [-0.2, -0.15) is 0 Å². The molecule has 7 heteroatoms. The number of carbonyl (C=O) groups is 1. The Morgan fingerprint density at radius 3 is 2.76 bits per heavy atom. The second kappa shape index (κ2) is 8.68. The molecule has 0 N–H and O–H groups in total. The molecule has 4 rings (SSSR count). The number of hydrogen-bond acceptors (Lipinski definition) is 6. The molecule has 1 atom stereocenters. The molecule has 1 aromatic heterocycles. The van der Waals surface area contributed by atoms with Crippen molar-refractivity contribution >= 4 is 11.7 Å². The van der Waals surface area contributed by atoms with Crippen molar-refractivity contribution in [2.24, 2.45) is 5.92 Å². The van der Waals surface area contributed by atoms with E-state index < -0.39 is 0 Å². The molecule has 1 unspecified atom stereocenters. The van der Waals surface area contributed by atoms with E-state index in [1.807, 2.05) is 30.1 Å². The first kappa shape index (κ1) is 19.5. The van der Waals surface area contributed by atoms with Crippen LogP contribution in [0.5, 0.6) is 11.6 Å². The molecule has 154 valence electrons. The number of piperidine rings is 1. The van der Waals surface area contributed by atoms with Gasteiger partial charge >= 0.3 is 0 Å². The first-order valence-corrected chi connectivity index (χ1v) is 10.2. The predicted octanol–water partition coefficient (Wildman–Crippen LogP) is 2.55. The summed E-state index contributed by atoms with van der Waals surface area (Å²) in [5, 5.41) is 0. The van der Waals surface area contributed by atoms with Gasteiger partial charge in [0.05, 0.1) is 7.11 Å². The molecule has 2 aliphatic heterocycles. The SMILES string of the molecule is COc1nccnc1N(C)CC1CCN(C(=O)C2CCc3ccccc3O2)CC1. The molecule has 0 radical (unpaired) electrons. The van der Waals surface area contributed by atoms with Crippen molar-refractivity contribution in [1.82, 2.24) is 14.9 Å². The quantitative estimate of drug-likeness (QED) is 0.774. The zero-order valence-corrected chi connectivity index (χ0v) is 17.1. The van der Waals surface area contributed by atoms with E-state index in [1.54, 1.807) is 19.5 Å². The van der Waals surface area contributed by atoms with Gasteiger partial charge in [0.1, 0.15) is 5.75 Å². The number of nitrogens with zero attached hydrogens (tertiary/aromatic N) is 4. The fourth-order valence-electron chi connectivity index (χ4n) is 4.24. The molecule has 1 amide bonds. The van der Waals surface area contributed by atoms with Crippen LogP contribution in [0.15, 0.2) is 36.7 Å². The Labute approximate surface area is 171 Å². The minimum Gasteiger partial charge on any atom is -0.480 e. The smallest absolute Gasteiger partial charge is 0.263 e. The fourth-order valence-corrected chi connectivity index (χ4v) is 4.24. The van der Waals surface area contributed by atoms with E-state index in [-0.39, 0.29) is 12.0 Å². The average molecular weight is 396 g/mol. The van der Waals surface area contributed by atoms with Gasteiger partial charge in [-0.1, -0.05) is 18.2 Å². The number of amides is 1. The van der Waals surface area contributed by atoms with Gasteiger partial charge in [0.2, 0.25) is 0 Å². The van der Waals surface area contributed by atoms with Crippen LogP contribution in [0.4, 0.5) is 5.82 Å². The van der Waals surface area contributed by atoms with Crippen molar-refractivity contribution in [2.75, 3.05) is 38.7 Å². The Balaban J connectivity index is 1.30. The second-order valence-corrected chi connectivity index (χ2v) is 7.79. The molecular weight excluding hydrogens is 368 g/mol. The number of carbonyl (C=O) groups excluding carboxylic acids is 1. The van der Waals surface area contributed by atoms with Crippen LogP contribution in [0.25, 0.3) is 0 Å². The van der Waals surface area contributed by atoms with Crippen molar-refractivity contribution in [1.29, 1.82) is 0 Å². The largest absolute Gasteiger partial charge is 0.480 e. The van der Waals surface area contributed by atoms with Crippen LogP contribution < -0.4 is 14.4 Å². The summed E-state index contributed by atoms with van der Waals surface area (Å²) in [5.74, 6) is 2.78. The molecule has 2 aliphatic rings. The van der Waals surface area contributed by atoms with Crippen LogP contribution in [0, 0.1) is 5.92 Å². The molecule has 3 heterocycles. The summed E-state index contributed by atoms with van der Waals surface area (Å²) in [6.07, 6.45) is 6.56. The van der Waals surface area contributed by atoms with Crippen molar-refractivity contribution in [3.63, 3.8) is 0 Å². The van der Waals surface area contributed by atoms with Crippen LogP contribution in [0.2, 0.25) is 0 Å². The van der Waals surface area contributed by atoms with Crippen LogP contribution >= 0.6 is 0 Å². The number of likely N-dealkylation sites (tertiary alicyclic amines) is 1. The Hall–Kier alpha value is -2.83. The van der Waals surface area contributed by atoms with Crippen molar-refractivity contribution in [3.05, 3.63) is 42.2 Å². The summed E-state index contributed by atoms with van der Waals surface area (Å²) in [5.41, 5.74) is 1.19. The summed E-state index contributed by atoms with van der Waals surface area (Å²) in [7, 11) is 3.62. The lowest BCUT2D eigenvalue weighted by Gasteiger charge is -2.36. The average Bonchev–Trinajstić information content (AvgIpc) is 2.78. The predicted molar refractivity (Wildman–Crippen MR) is 110 cm³/mol. The van der Waals surface area contributed by atoms with Crippen molar-refractivity contribution < 1.29 is 14.3 Å². The summed E-state index contributed by atoms with van der Waals surface area (Å²) >= 11 is 0. The maximum absolute atomic E-state index is 13.0. The molecule has 0 saturated carbocycles. The molecule has 0 bridgehead atoms. The Morgan fingerprint density at radius 1 is 1.21 bits per heavy atom. The highest BCUT2D eigenvalue weighted by Crippen LogP contribution is 2.29. The number of hydrogen-bond donors (Lipinski definition) is 0. The molecular formula is C22H28N4O3. The standard InChI is InChI=1S/C22H28N4O3/c1-25(20-21(28-2)24-12-11-23-20)15-16-9-13-26(14-10-16)22(27)19-8-7-17-5-3-4-6-18(17)29-19/h3-6,11-12,16,19H,7-10,13-15H2,1-2H3. The molecule has 7 nitrogen and oxygen atoms in total. The Morgan fingerprint density at radius 2 is 1.97 bits per heavy atom. The van der Waals surface area contributed by atoms with Gasteiger partial charge in [-0.25, -0.2) is 9.97 Å². The van der Waals surface area contributed by atoms with Gasteiger partial charge in [0.25, 0.3) is 11.8 Å². The van der Waals surface area contributed by atoms with E-state index in [0.29, 0.717) is 11.8 Å². The second-order valence-electron chi connectivity index (χ2n) is 7.79. The van der Waals surface area contributed by atoms with Crippen LogP contribution in [0.1, 0.15) is 24.8 Å².